The van der Waals surface area contributed by atoms with Gasteiger partial charge >= 0.3 is 6.18 Å². The summed E-state index contributed by atoms with van der Waals surface area (Å²) in [6, 6.07) is 9.62. The highest BCUT2D eigenvalue weighted by Gasteiger charge is 2.35. The van der Waals surface area contributed by atoms with Gasteiger partial charge in [0.05, 0.1) is 18.8 Å². The van der Waals surface area contributed by atoms with Gasteiger partial charge in [0.1, 0.15) is 23.4 Å². The molecule has 232 valence electrons. The zero-order valence-electron chi connectivity index (χ0n) is 25.8. The van der Waals surface area contributed by atoms with Gasteiger partial charge in [0.2, 0.25) is 5.88 Å². The second kappa shape index (κ2) is 13.4. The minimum absolute atomic E-state index is 0.191. The molecule has 5 aromatic rings. The average Bonchev–Trinajstić information content (AvgIpc) is 3.82. The van der Waals surface area contributed by atoms with Crippen LogP contribution in [0.1, 0.15) is 76.4 Å². The summed E-state index contributed by atoms with van der Waals surface area (Å²) < 4.78 is 47.8. The Morgan fingerprint density at radius 2 is 1.64 bits per heavy atom. The third kappa shape index (κ3) is 6.34. The number of ether oxygens (including phenoxy) is 1. The highest BCUT2D eigenvalue weighted by atomic mass is 19.4. The van der Waals surface area contributed by atoms with Gasteiger partial charge in [-0.3, -0.25) is 9.36 Å². The first-order chi connectivity index (χ1) is 21.2. The summed E-state index contributed by atoms with van der Waals surface area (Å²) in [5, 5.41) is 0.670. The zero-order valence-corrected chi connectivity index (χ0v) is 25.8. The van der Waals surface area contributed by atoms with Crippen molar-refractivity contribution in [2.24, 2.45) is 7.05 Å². The minimum atomic E-state index is -4.53. The lowest BCUT2D eigenvalue weighted by Crippen LogP contribution is -2.24. The fourth-order valence-electron chi connectivity index (χ4n) is 4.88. The van der Waals surface area contributed by atoms with Gasteiger partial charge in [-0.25, -0.2) is 24.9 Å². The van der Waals surface area contributed by atoms with E-state index in [9.17, 15) is 18.0 Å². The standard InChI is InChI=1S/C28H24F3N7O2.2C2H6/c1-15(16-4-8-18(9-5-16)25-35-20(13-37(25)2)28(29,30)31)38-21(39)11-10-19-12-32-24(36-26(19)38)22-23(17-6-7-17)33-14-34-27(22)40-3;2*1-2/h4-5,8-15,17H,6-7H2,1-3H3;2*1-2H3. The van der Waals surface area contributed by atoms with Gasteiger partial charge in [-0.2, -0.15) is 13.2 Å². The molecule has 12 heteroatoms. The lowest BCUT2D eigenvalue weighted by atomic mass is 10.0. The first-order valence-electron chi connectivity index (χ1n) is 14.6. The van der Waals surface area contributed by atoms with Gasteiger partial charge in [-0.1, -0.05) is 52.0 Å². The Balaban J connectivity index is 0.00000106. The van der Waals surface area contributed by atoms with Crippen LogP contribution in [0, 0.1) is 0 Å². The van der Waals surface area contributed by atoms with Gasteiger partial charge in [0, 0.05) is 42.4 Å². The molecule has 1 fully saturated rings. The smallest absolute Gasteiger partial charge is 0.434 e. The summed E-state index contributed by atoms with van der Waals surface area (Å²) in [6.45, 7) is 9.86. The first-order valence-corrected chi connectivity index (χ1v) is 14.6. The summed E-state index contributed by atoms with van der Waals surface area (Å²) in [4.78, 5) is 35.0. The van der Waals surface area contributed by atoms with E-state index in [2.05, 4.69) is 19.9 Å². The highest BCUT2D eigenvalue weighted by molar-refractivity contribution is 5.78. The van der Waals surface area contributed by atoms with Gasteiger partial charge < -0.3 is 9.30 Å². The predicted octanol–water partition coefficient (Wildman–Crippen LogP) is 7.22. The number of pyridine rings is 1. The second-order valence-electron chi connectivity index (χ2n) is 9.79. The molecule has 0 saturated heterocycles. The predicted molar refractivity (Wildman–Crippen MR) is 164 cm³/mol. The molecule has 0 N–H and O–H groups in total. The fraction of sp³-hybridized carbons (Fsp3) is 0.375. The topological polar surface area (TPSA) is 101 Å². The molecule has 9 nitrogen and oxygen atoms in total. The number of nitrogens with zero attached hydrogens (tertiary/aromatic N) is 7. The van der Waals surface area contributed by atoms with Crippen LogP contribution >= 0.6 is 0 Å². The van der Waals surface area contributed by atoms with Crippen LogP contribution < -0.4 is 10.3 Å². The molecule has 1 unspecified atom stereocenters. The molecular formula is C32H36F3N7O2. The number of methoxy groups -OCH3 is 1. The van der Waals surface area contributed by atoms with Crippen molar-refractivity contribution in [2.45, 2.75) is 65.6 Å². The molecule has 4 heterocycles. The van der Waals surface area contributed by atoms with Crippen molar-refractivity contribution in [1.82, 2.24) is 34.1 Å². The molecule has 4 aromatic heterocycles. The molecule has 0 radical (unpaired) electrons. The van der Waals surface area contributed by atoms with Gasteiger partial charge in [0.25, 0.3) is 5.56 Å². The molecule has 1 aromatic carbocycles. The molecule has 1 atom stereocenters. The van der Waals surface area contributed by atoms with Crippen molar-refractivity contribution in [2.75, 3.05) is 7.11 Å². The second-order valence-corrected chi connectivity index (χ2v) is 9.79. The van der Waals surface area contributed by atoms with E-state index >= 15 is 0 Å². The van der Waals surface area contributed by atoms with Crippen molar-refractivity contribution in [3.8, 4) is 28.7 Å². The molecule has 0 aliphatic heterocycles. The Kier molecular flexibility index (Phi) is 9.81. The molecule has 0 amide bonds. The van der Waals surface area contributed by atoms with Crippen LogP contribution in [0.25, 0.3) is 33.8 Å². The van der Waals surface area contributed by atoms with E-state index < -0.39 is 17.9 Å². The van der Waals surface area contributed by atoms with E-state index in [0.29, 0.717) is 33.9 Å². The van der Waals surface area contributed by atoms with Crippen LogP contribution in [0.3, 0.4) is 0 Å². The van der Waals surface area contributed by atoms with Crippen LogP contribution in [0.2, 0.25) is 0 Å². The minimum Gasteiger partial charge on any atom is -0.480 e. The maximum Gasteiger partial charge on any atom is 0.434 e. The number of rotatable bonds is 6. The summed E-state index contributed by atoms with van der Waals surface area (Å²) in [5.41, 5.74) is 1.94. The molecule has 1 saturated carbocycles. The molecule has 1 aliphatic rings. The van der Waals surface area contributed by atoms with Crippen molar-refractivity contribution in [1.29, 1.82) is 0 Å². The fourth-order valence-corrected chi connectivity index (χ4v) is 4.88. The van der Waals surface area contributed by atoms with Crippen molar-refractivity contribution in [3.05, 3.63) is 82.4 Å². The quantitative estimate of drug-likeness (QED) is 0.201. The summed E-state index contributed by atoms with van der Waals surface area (Å²) in [7, 11) is 3.04. The molecule has 1 aliphatic carbocycles. The van der Waals surface area contributed by atoms with Crippen LogP contribution in [0.5, 0.6) is 5.88 Å². The van der Waals surface area contributed by atoms with Gasteiger partial charge in [-0.05, 0) is 31.4 Å². The molecule has 44 heavy (non-hydrogen) atoms. The van der Waals surface area contributed by atoms with Crippen LogP contribution in [0.15, 0.2) is 59.9 Å². The Morgan fingerprint density at radius 1 is 0.955 bits per heavy atom. The number of imidazole rings is 1. The third-order valence-electron chi connectivity index (χ3n) is 7.10. The lowest BCUT2D eigenvalue weighted by molar-refractivity contribution is -0.140. The van der Waals surface area contributed by atoms with Gasteiger partial charge in [0.15, 0.2) is 11.5 Å². The number of fused-ring (bicyclic) bond motifs is 1. The number of hydrogen-bond acceptors (Lipinski definition) is 7. The number of aryl methyl sites for hydroxylation is 1. The van der Waals surface area contributed by atoms with Gasteiger partial charge in [-0.15, -0.1) is 0 Å². The van der Waals surface area contributed by atoms with E-state index in [1.165, 1.54) is 31.1 Å². The largest absolute Gasteiger partial charge is 0.480 e. The normalized spacial score (nSPS) is 13.4. The Hall–Kier alpha value is -4.61. The summed E-state index contributed by atoms with van der Waals surface area (Å²) in [6.07, 6.45) is 1.57. The number of benzene rings is 1. The van der Waals surface area contributed by atoms with Crippen LogP contribution in [0.4, 0.5) is 13.2 Å². The Bertz CT molecular complexity index is 1790. The first kappa shape index (κ1) is 32.3. The van der Waals surface area contributed by atoms with E-state index in [1.807, 2.05) is 34.6 Å². The molecule has 0 bridgehead atoms. The van der Waals surface area contributed by atoms with E-state index in [4.69, 9.17) is 9.72 Å². The monoisotopic (exact) mass is 607 g/mol. The number of hydrogen-bond donors (Lipinski definition) is 0. The highest BCUT2D eigenvalue weighted by Crippen LogP contribution is 2.45. The Morgan fingerprint density at radius 3 is 2.23 bits per heavy atom. The average molecular weight is 608 g/mol. The SMILES string of the molecule is CC.CC.COc1ncnc(C2CC2)c1-c1ncc2ccc(=O)n(C(C)c3ccc(-c4nc(C(F)(F)F)cn4C)cc3)c2n1. The van der Waals surface area contributed by atoms with Crippen molar-refractivity contribution < 1.29 is 17.9 Å². The molecule has 0 spiro atoms. The molecular weight excluding hydrogens is 571 g/mol. The maximum absolute atomic E-state index is 13.2. The van der Waals surface area contributed by atoms with Crippen LogP contribution in [-0.4, -0.2) is 41.2 Å². The number of aromatic nitrogens is 7. The molecule has 6 rings (SSSR count). The Labute approximate surface area is 253 Å². The number of alkyl halides is 3. The maximum atomic E-state index is 13.2. The van der Waals surface area contributed by atoms with E-state index in [-0.39, 0.29) is 17.3 Å². The summed E-state index contributed by atoms with van der Waals surface area (Å²) >= 11 is 0. The third-order valence-corrected chi connectivity index (χ3v) is 7.10. The van der Waals surface area contributed by atoms with E-state index in [1.54, 1.807) is 41.1 Å². The van der Waals surface area contributed by atoms with E-state index in [0.717, 1.165) is 30.3 Å². The van der Waals surface area contributed by atoms with Crippen molar-refractivity contribution >= 4 is 11.0 Å². The van der Waals surface area contributed by atoms with Crippen molar-refractivity contribution in [3.63, 3.8) is 0 Å². The number of halogens is 3. The lowest BCUT2D eigenvalue weighted by Gasteiger charge is -2.19. The van der Waals surface area contributed by atoms with Crippen LogP contribution in [-0.2, 0) is 13.2 Å². The summed E-state index contributed by atoms with van der Waals surface area (Å²) in [5.74, 6) is 1.21. The zero-order chi connectivity index (χ0) is 32.2.